The number of primary amides is 1. The minimum absolute atomic E-state index is 0.00818. The number of hydrogen-bond donors (Lipinski definition) is 2. The molecule has 0 bridgehead atoms. The second kappa shape index (κ2) is 11.2. The molecule has 11 heteroatoms. The van der Waals surface area contributed by atoms with Gasteiger partial charge in [0.05, 0.1) is 11.3 Å². The van der Waals surface area contributed by atoms with Crippen molar-refractivity contribution in [3.8, 4) is 11.4 Å². The van der Waals surface area contributed by atoms with E-state index >= 15 is 0 Å². The molecular weight excluding hydrogens is 451 g/mol. The largest absolute Gasteiger partial charge is 0.433 e. The highest BCUT2D eigenvalue weighted by molar-refractivity contribution is 6.38. The number of amides is 2. The standard InChI is InChI=1S/C21H18F3N5O3.C2H6/c1-29-11-13(17(28-29)14-8-5-9-16(26-14)21(22,23)24)20(32)27-15(18(30)19(25)31)10-12-6-3-2-4-7-12;1-2/h2-9,11,15H,10H2,1H3,(H2,25,31)(H,27,32);1-2H3. The van der Waals surface area contributed by atoms with Gasteiger partial charge in [0.1, 0.15) is 17.4 Å². The number of aryl methyl sites for hydroxylation is 1. The average Bonchev–Trinajstić information content (AvgIpc) is 3.21. The summed E-state index contributed by atoms with van der Waals surface area (Å²) in [4.78, 5) is 40.2. The Hall–Kier alpha value is -4.02. The van der Waals surface area contributed by atoms with Gasteiger partial charge in [0.2, 0.25) is 5.78 Å². The number of alkyl halides is 3. The molecule has 1 aromatic carbocycles. The van der Waals surface area contributed by atoms with Gasteiger partial charge in [0.25, 0.3) is 11.8 Å². The van der Waals surface area contributed by atoms with Crippen molar-refractivity contribution < 1.29 is 27.6 Å². The Morgan fingerprint density at radius 3 is 2.29 bits per heavy atom. The van der Waals surface area contributed by atoms with E-state index in [-0.39, 0.29) is 23.4 Å². The lowest BCUT2D eigenvalue weighted by atomic mass is 10.0. The van der Waals surface area contributed by atoms with Crippen LogP contribution in [-0.4, -0.2) is 38.4 Å². The fourth-order valence-corrected chi connectivity index (χ4v) is 3.04. The summed E-state index contributed by atoms with van der Waals surface area (Å²) in [5, 5.41) is 6.48. The molecule has 3 aromatic rings. The zero-order valence-electron chi connectivity index (χ0n) is 18.8. The molecule has 34 heavy (non-hydrogen) atoms. The molecule has 0 aliphatic carbocycles. The molecule has 0 fully saturated rings. The highest BCUT2D eigenvalue weighted by Crippen LogP contribution is 2.30. The van der Waals surface area contributed by atoms with Gasteiger partial charge in [-0.25, -0.2) is 4.98 Å². The summed E-state index contributed by atoms with van der Waals surface area (Å²) in [5.74, 6) is -3.05. The third-order valence-corrected chi connectivity index (χ3v) is 4.50. The topological polar surface area (TPSA) is 120 Å². The van der Waals surface area contributed by atoms with E-state index in [0.29, 0.717) is 5.56 Å². The van der Waals surface area contributed by atoms with Gasteiger partial charge in [-0.05, 0) is 17.7 Å². The van der Waals surface area contributed by atoms with Gasteiger partial charge in [-0.1, -0.05) is 50.2 Å². The summed E-state index contributed by atoms with van der Waals surface area (Å²) >= 11 is 0. The van der Waals surface area contributed by atoms with Crippen molar-refractivity contribution in [1.82, 2.24) is 20.1 Å². The Morgan fingerprint density at radius 2 is 1.71 bits per heavy atom. The third-order valence-electron chi connectivity index (χ3n) is 4.50. The molecule has 2 heterocycles. The molecule has 8 nitrogen and oxygen atoms in total. The fraction of sp³-hybridized carbons (Fsp3) is 0.261. The molecular formula is C23H24F3N5O3. The summed E-state index contributed by atoms with van der Waals surface area (Å²) < 4.78 is 40.4. The molecule has 0 saturated heterocycles. The molecule has 2 amide bonds. The SMILES string of the molecule is CC.Cn1cc(C(=O)NC(Cc2ccccc2)C(=O)C(N)=O)c(-c2cccc(C(F)(F)F)n2)n1. The summed E-state index contributed by atoms with van der Waals surface area (Å²) in [7, 11) is 1.48. The third kappa shape index (κ3) is 6.50. The van der Waals surface area contributed by atoms with Crippen molar-refractivity contribution in [3.63, 3.8) is 0 Å². The van der Waals surface area contributed by atoms with E-state index in [9.17, 15) is 27.6 Å². The average molecular weight is 475 g/mol. The van der Waals surface area contributed by atoms with Crippen LogP contribution in [0.3, 0.4) is 0 Å². The van der Waals surface area contributed by atoms with E-state index in [1.807, 2.05) is 13.8 Å². The number of nitrogens with two attached hydrogens (primary N) is 1. The smallest absolute Gasteiger partial charge is 0.363 e. The van der Waals surface area contributed by atoms with Crippen molar-refractivity contribution in [1.29, 1.82) is 0 Å². The number of pyridine rings is 1. The molecule has 0 saturated carbocycles. The lowest BCUT2D eigenvalue weighted by molar-refractivity contribution is -0.141. The van der Waals surface area contributed by atoms with Gasteiger partial charge in [-0.2, -0.15) is 18.3 Å². The van der Waals surface area contributed by atoms with Crippen LogP contribution in [-0.2, 0) is 29.2 Å². The second-order valence-electron chi connectivity index (χ2n) is 6.92. The molecule has 3 rings (SSSR count). The van der Waals surface area contributed by atoms with Crippen molar-refractivity contribution >= 4 is 17.6 Å². The number of benzene rings is 1. The van der Waals surface area contributed by atoms with Crippen LogP contribution in [0.1, 0.15) is 35.5 Å². The van der Waals surface area contributed by atoms with Crippen LogP contribution in [0.25, 0.3) is 11.4 Å². The number of nitrogens with one attached hydrogen (secondary N) is 1. The number of carbonyl (C=O) groups excluding carboxylic acids is 3. The van der Waals surface area contributed by atoms with Crippen LogP contribution in [0.15, 0.2) is 54.7 Å². The maximum atomic E-state index is 13.0. The Bertz CT molecular complexity index is 1160. The molecule has 180 valence electrons. The molecule has 0 radical (unpaired) electrons. The van der Waals surface area contributed by atoms with Crippen LogP contribution in [0.5, 0.6) is 0 Å². The normalized spacial score (nSPS) is 11.7. The first kappa shape index (κ1) is 26.2. The van der Waals surface area contributed by atoms with Gasteiger partial charge in [-0.3, -0.25) is 19.1 Å². The van der Waals surface area contributed by atoms with Gasteiger partial charge < -0.3 is 11.1 Å². The van der Waals surface area contributed by atoms with Crippen LogP contribution in [0, 0.1) is 0 Å². The predicted molar refractivity (Wildman–Crippen MR) is 118 cm³/mol. The van der Waals surface area contributed by atoms with E-state index in [1.165, 1.54) is 24.0 Å². The monoisotopic (exact) mass is 475 g/mol. The Labute approximate surface area is 194 Å². The quantitative estimate of drug-likeness (QED) is 0.509. The Balaban J connectivity index is 0.00000199. The summed E-state index contributed by atoms with van der Waals surface area (Å²) in [6.45, 7) is 4.00. The van der Waals surface area contributed by atoms with Crippen LogP contribution >= 0.6 is 0 Å². The molecule has 0 aliphatic rings. The van der Waals surface area contributed by atoms with Gasteiger partial charge >= 0.3 is 6.18 Å². The summed E-state index contributed by atoms with van der Waals surface area (Å²) in [5.41, 5.74) is 4.24. The molecule has 1 unspecified atom stereocenters. The minimum atomic E-state index is -4.68. The summed E-state index contributed by atoms with van der Waals surface area (Å²) in [6.07, 6.45) is -3.41. The van der Waals surface area contributed by atoms with Crippen LogP contribution in [0.2, 0.25) is 0 Å². The fourth-order valence-electron chi connectivity index (χ4n) is 3.04. The first-order chi connectivity index (χ1) is 16.1. The molecule has 2 aromatic heterocycles. The van der Waals surface area contributed by atoms with E-state index in [0.717, 1.165) is 12.1 Å². The first-order valence-electron chi connectivity index (χ1n) is 10.3. The number of rotatable bonds is 7. The van der Waals surface area contributed by atoms with Crippen molar-refractivity contribution in [2.24, 2.45) is 12.8 Å². The van der Waals surface area contributed by atoms with Crippen LogP contribution < -0.4 is 11.1 Å². The summed E-state index contributed by atoms with van der Waals surface area (Å²) in [6, 6.07) is 10.6. The molecule has 3 N–H and O–H groups in total. The number of hydrogen-bond acceptors (Lipinski definition) is 5. The van der Waals surface area contributed by atoms with Crippen molar-refractivity contribution in [2.45, 2.75) is 32.5 Å². The van der Waals surface area contributed by atoms with Gasteiger partial charge in [0.15, 0.2) is 0 Å². The van der Waals surface area contributed by atoms with Crippen LogP contribution in [0.4, 0.5) is 13.2 Å². The number of Topliss-reactive ketones (excluding diaryl/α,β-unsaturated/α-hetero) is 1. The highest BCUT2D eigenvalue weighted by atomic mass is 19.4. The maximum absolute atomic E-state index is 13.0. The Kier molecular flexibility index (Phi) is 8.65. The van der Waals surface area contributed by atoms with E-state index in [2.05, 4.69) is 15.4 Å². The predicted octanol–water partition coefficient (Wildman–Crippen LogP) is 2.92. The number of aromatic nitrogens is 3. The van der Waals surface area contributed by atoms with Crippen molar-refractivity contribution in [2.75, 3.05) is 0 Å². The molecule has 1 atom stereocenters. The number of halogens is 3. The maximum Gasteiger partial charge on any atom is 0.433 e. The zero-order chi connectivity index (χ0) is 25.5. The van der Waals surface area contributed by atoms with E-state index in [4.69, 9.17) is 5.73 Å². The Morgan fingerprint density at radius 1 is 1.06 bits per heavy atom. The van der Waals surface area contributed by atoms with E-state index in [1.54, 1.807) is 30.3 Å². The first-order valence-corrected chi connectivity index (χ1v) is 10.3. The second-order valence-corrected chi connectivity index (χ2v) is 6.92. The van der Waals surface area contributed by atoms with Gasteiger partial charge in [-0.15, -0.1) is 0 Å². The number of carbonyl (C=O) groups is 3. The number of nitrogens with zero attached hydrogens (tertiary/aromatic N) is 3. The molecule has 0 spiro atoms. The van der Waals surface area contributed by atoms with Crippen molar-refractivity contribution in [3.05, 3.63) is 71.5 Å². The lowest BCUT2D eigenvalue weighted by Gasteiger charge is -2.16. The van der Waals surface area contributed by atoms with Gasteiger partial charge in [0, 0.05) is 19.7 Å². The zero-order valence-corrected chi connectivity index (χ0v) is 18.8. The number of ketones is 1. The highest BCUT2D eigenvalue weighted by Gasteiger charge is 2.33. The molecule has 0 aliphatic heterocycles. The minimum Gasteiger partial charge on any atom is -0.363 e. The lowest BCUT2D eigenvalue weighted by Crippen LogP contribution is -2.47. The van der Waals surface area contributed by atoms with E-state index < -0.39 is 35.5 Å².